The molecule has 1 fully saturated rings. The molecule has 0 bridgehead atoms. The van der Waals surface area contributed by atoms with Gasteiger partial charge in [0.2, 0.25) is 0 Å². The monoisotopic (exact) mass is 618 g/mol. The first-order valence-corrected chi connectivity index (χ1v) is 14.9. The minimum atomic E-state index is -0.837. The van der Waals surface area contributed by atoms with E-state index in [9.17, 15) is 9.59 Å². The average molecular weight is 620 g/mol. The average Bonchev–Trinajstić information content (AvgIpc) is 3.41. The van der Waals surface area contributed by atoms with E-state index in [0.717, 1.165) is 11.1 Å². The summed E-state index contributed by atoms with van der Waals surface area (Å²) < 4.78 is 6.02. The normalized spacial score (nSPS) is 18.7. The number of benzene rings is 3. The van der Waals surface area contributed by atoms with Gasteiger partial charge in [0.05, 0.1) is 24.6 Å². The Morgan fingerprint density at radius 1 is 0.977 bits per heavy atom. The lowest BCUT2D eigenvalue weighted by atomic mass is 9.93. The van der Waals surface area contributed by atoms with Gasteiger partial charge in [0.15, 0.2) is 0 Å². The van der Waals surface area contributed by atoms with E-state index >= 15 is 0 Å². The van der Waals surface area contributed by atoms with Crippen molar-refractivity contribution in [3.05, 3.63) is 99.0 Å². The molecule has 10 heteroatoms. The van der Waals surface area contributed by atoms with Crippen LogP contribution in [0, 0.1) is 12.3 Å². The van der Waals surface area contributed by atoms with Crippen LogP contribution in [0.5, 0.6) is 5.75 Å². The van der Waals surface area contributed by atoms with Crippen LogP contribution >= 0.6 is 23.2 Å². The summed E-state index contributed by atoms with van der Waals surface area (Å²) >= 11 is 12.5. The Hall–Kier alpha value is -4.03. The van der Waals surface area contributed by atoms with Crippen molar-refractivity contribution in [3.63, 3.8) is 0 Å². The quantitative estimate of drug-likeness (QED) is 0.307. The maximum absolute atomic E-state index is 14.6. The molecule has 3 aromatic carbocycles. The maximum Gasteiger partial charge on any atom is 0.326 e. The second-order valence-electron chi connectivity index (χ2n) is 10.4. The molecule has 43 heavy (non-hydrogen) atoms. The van der Waals surface area contributed by atoms with Crippen LogP contribution in [0.1, 0.15) is 47.7 Å². The van der Waals surface area contributed by atoms with Crippen molar-refractivity contribution in [3.8, 4) is 18.1 Å². The van der Waals surface area contributed by atoms with E-state index in [4.69, 9.17) is 44.5 Å². The number of carboxylic acids is 1. The third kappa shape index (κ3) is 6.80. The van der Waals surface area contributed by atoms with E-state index in [-0.39, 0.29) is 12.5 Å². The molecule has 2 aliphatic rings. The molecule has 0 spiro atoms. The number of aliphatic imine (C=N–C) groups is 1. The van der Waals surface area contributed by atoms with Crippen LogP contribution < -0.4 is 4.74 Å². The van der Waals surface area contributed by atoms with Crippen molar-refractivity contribution in [2.24, 2.45) is 4.99 Å². The number of piperazine rings is 1. The van der Waals surface area contributed by atoms with Gasteiger partial charge < -0.3 is 14.7 Å². The number of aliphatic carboxylic acids is 1. The van der Waals surface area contributed by atoms with Gasteiger partial charge in [0.1, 0.15) is 17.6 Å². The molecule has 222 valence electrons. The van der Waals surface area contributed by atoms with Gasteiger partial charge in [-0.05, 0) is 60.5 Å². The fourth-order valence-electron chi connectivity index (χ4n) is 5.50. The predicted molar refractivity (Wildman–Crippen MR) is 168 cm³/mol. The van der Waals surface area contributed by atoms with Gasteiger partial charge in [-0.15, -0.1) is 6.42 Å². The zero-order chi connectivity index (χ0) is 30.5. The van der Waals surface area contributed by atoms with E-state index in [1.165, 1.54) is 0 Å². The van der Waals surface area contributed by atoms with Crippen LogP contribution in [0.4, 0.5) is 4.79 Å². The molecule has 8 nitrogen and oxygen atoms in total. The number of hydrogen-bond acceptors (Lipinski definition) is 5. The summed E-state index contributed by atoms with van der Waals surface area (Å²) in [6, 6.07) is 19.3. The summed E-state index contributed by atoms with van der Waals surface area (Å²) in [4.78, 5) is 36.5. The first-order chi connectivity index (χ1) is 20.8. The van der Waals surface area contributed by atoms with E-state index in [1.54, 1.807) is 15.9 Å². The van der Waals surface area contributed by atoms with Crippen LogP contribution in [-0.4, -0.2) is 77.0 Å². The molecule has 0 saturated carbocycles. The molecule has 0 radical (unpaired) electrons. The first-order valence-electron chi connectivity index (χ1n) is 14.1. The summed E-state index contributed by atoms with van der Waals surface area (Å²) in [5, 5.41) is 10.3. The third-order valence-corrected chi connectivity index (χ3v) is 8.17. The number of amides is 2. The van der Waals surface area contributed by atoms with Crippen molar-refractivity contribution in [1.82, 2.24) is 14.7 Å². The van der Waals surface area contributed by atoms with Gasteiger partial charge in [-0.1, -0.05) is 53.4 Å². The summed E-state index contributed by atoms with van der Waals surface area (Å²) in [5.41, 5.74) is 3.08. The second kappa shape index (κ2) is 13.5. The third-order valence-electron chi connectivity index (χ3n) is 7.67. The Labute approximate surface area is 261 Å². The van der Waals surface area contributed by atoms with Gasteiger partial charge in [-0.25, -0.2) is 4.79 Å². The number of ether oxygens (including phenoxy) is 1. The number of hydrogen-bond donors (Lipinski definition) is 1. The lowest BCUT2D eigenvalue weighted by Gasteiger charge is -2.39. The van der Waals surface area contributed by atoms with Gasteiger partial charge in [0.25, 0.3) is 0 Å². The molecule has 0 unspecified atom stereocenters. The van der Waals surface area contributed by atoms with Gasteiger partial charge in [-0.2, -0.15) is 0 Å². The van der Waals surface area contributed by atoms with Crippen LogP contribution in [0.2, 0.25) is 10.0 Å². The first kappa shape index (κ1) is 30.4. The largest absolute Gasteiger partial charge is 0.493 e. The second-order valence-corrected chi connectivity index (χ2v) is 11.2. The van der Waals surface area contributed by atoms with E-state index in [2.05, 4.69) is 10.8 Å². The van der Waals surface area contributed by atoms with Crippen LogP contribution in [0.25, 0.3) is 0 Å². The maximum atomic E-state index is 14.6. The Balaban J connectivity index is 1.60. The molecule has 3 aromatic rings. The summed E-state index contributed by atoms with van der Waals surface area (Å²) in [7, 11) is 0. The summed E-state index contributed by atoms with van der Waals surface area (Å²) in [5.74, 6) is 2.84. The standard InChI is InChI=1S/C33H32Cl2N4O4/c1-3-22-5-14-27(28(21-22)43-4-2)32-36-30(23-6-10-25(34)11-7-23)31(24-8-12-26(35)13-9-24)39(32)33(42)38-19-17-37(18-20-38)16-15-29(40)41/h1,5-14,21,30-31H,4,15-20H2,2H3,(H,40,41)/t30-,31+/m0/s1. The van der Waals surface area contributed by atoms with Gasteiger partial charge in [-0.3, -0.25) is 19.6 Å². The van der Waals surface area contributed by atoms with Crippen molar-refractivity contribution in [2.45, 2.75) is 25.4 Å². The van der Waals surface area contributed by atoms with Crippen LogP contribution in [0.15, 0.2) is 71.7 Å². The molecule has 2 amide bonds. The van der Waals surface area contributed by atoms with Crippen LogP contribution in [-0.2, 0) is 4.79 Å². The topological polar surface area (TPSA) is 85.7 Å². The Bertz CT molecular complexity index is 1540. The molecule has 0 aliphatic carbocycles. The molecule has 2 atom stereocenters. The van der Waals surface area contributed by atoms with Crippen molar-refractivity contribution in [2.75, 3.05) is 39.3 Å². The van der Waals surface area contributed by atoms with Gasteiger partial charge in [0, 0.05) is 48.3 Å². The van der Waals surface area contributed by atoms with Crippen molar-refractivity contribution >= 4 is 41.0 Å². The molecule has 2 aliphatic heterocycles. The van der Waals surface area contributed by atoms with Crippen molar-refractivity contribution in [1.29, 1.82) is 0 Å². The number of nitrogens with zero attached hydrogens (tertiary/aromatic N) is 4. The number of carboxylic acid groups (broad SMARTS) is 1. The molecule has 2 heterocycles. The number of terminal acetylenes is 1. The zero-order valence-electron chi connectivity index (χ0n) is 23.7. The van der Waals surface area contributed by atoms with E-state index in [1.807, 2.05) is 67.6 Å². The molecule has 1 saturated heterocycles. The molecular weight excluding hydrogens is 587 g/mol. The predicted octanol–water partition coefficient (Wildman–Crippen LogP) is 6.13. The number of carbonyl (C=O) groups excluding carboxylic acids is 1. The summed E-state index contributed by atoms with van der Waals surface area (Å²) in [6.45, 7) is 4.80. The Morgan fingerprint density at radius 2 is 1.60 bits per heavy atom. The van der Waals surface area contributed by atoms with Crippen molar-refractivity contribution < 1.29 is 19.4 Å². The fraction of sp³-hybridized carbons (Fsp3) is 0.303. The molecule has 5 rings (SSSR count). The lowest BCUT2D eigenvalue weighted by molar-refractivity contribution is -0.137. The van der Waals surface area contributed by atoms with Crippen LogP contribution in [0.3, 0.4) is 0 Å². The number of amidine groups is 1. The molecule has 1 N–H and O–H groups in total. The molecule has 0 aromatic heterocycles. The Kier molecular flexibility index (Phi) is 9.56. The molecular formula is C33H32Cl2N4O4. The highest BCUT2D eigenvalue weighted by Crippen LogP contribution is 2.45. The number of urea groups is 1. The highest BCUT2D eigenvalue weighted by Gasteiger charge is 2.45. The fourth-order valence-corrected chi connectivity index (χ4v) is 5.75. The van der Waals surface area contributed by atoms with Gasteiger partial charge >= 0.3 is 12.0 Å². The van der Waals surface area contributed by atoms with E-state index < -0.39 is 18.1 Å². The zero-order valence-corrected chi connectivity index (χ0v) is 25.3. The SMILES string of the molecule is C#Cc1ccc(C2=N[C@@H](c3ccc(Cl)cc3)[C@@H](c3ccc(Cl)cc3)N2C(=O)N2CCN(CCC(=O)O)CC2)c(OCC)c1. The highest BCUT2D eigenvalue weighted by molar-refractivity contribution is 6.30. The van der Waals surface area contributed by atoms with E-state index in [0.29, 0.717) is 72.1 Å². The highest BCUT2D eigenvalue weighted by atomic mass is 35.5. The number of halogens is 2. The minimum absolute atomic E-state index is 0.0617. The minimum Gasteiger partial charge on any atom is -0.493 e. The summed E-state index contributed by atoms with van der Waals surface area (Å²) in [6.07, 6.45) is 5.76. The lowest BCUT2D eigenvalue weighted by Crippen LogP contribution is -2.54. The smallest absolute Gasteiger partial charge is 0.326 e. The Morgan fingerprint density at radius 3 is 2.19 bits per heavy atom. The number of carbonyl (C=O) groups is 2. The number of rotatable bonds is 8.